The van der Waals surface area contributed by atoms with Crippen LogP contribution in [-0.4, -0.2) is 24.3 Å². The Hall–Kier alpha value is -1.87. The van der Waals surface area contributed by atoms with Crippen molar-refractivity contribution in [2.75, 3.05) is 13.2 Å². The molecule has 0 unspecified atom stereocenters. The summed E-state index contributed by atoms with van der Waals surface area (Å²) in [5, 5.41) is 8.99. The van der Waals surface area contributed by atoms with Crippen LogP contribution in [0.25, 0.3) is 0 Å². The maximum Gasteiger partial charge on any atom is 0.328 e. The molecule has 3 rings (SSSR count). The Morgan fingerprint density at radius 1 is 1.13 bits per heavy atom. The van der Waals surface area contributed by atoms with E-state index < -0.39 is 5.97 Å². The van der Waals surface area contributed by atoms with E-state index in [-0.39, 0.29) is 16.2 Å². The second-order valence-electron chi connectivity index (χ2n) is 10.7. The molecule has 0 aromatic heterocycles. The van der Waals surface area contributed by atoms with E-state index in [9.17, 15) is 4.79 Å². The molecule has 1 aromatic rings. The van der Waals surface area contributed by atoms with E-state index in [2.05, 4.69) is 58.9 Å². The topological polar surface area (TPSA) is 46.5 Å². The van der Waals surface area contributed by atoms with Gasteiger partial charge in [0.05, 0.1) is 6.61 Å². The maximum absolute atomic E-state index is 10.9. The lowest BCUT2D eigenvalue weighted by atomic mass is 9.62. The van der Waals surface area contributed by atoms with Crippen molar-refractivity contribution in [3.05, 3.63) is 58.7 Å². The number of aliphatic carboxylic acids is 1. The Morgan fingerprint density at radius 2 is 1.77 bits per heavy atom. The second kappa shape index (κ2) is 8.00. The zero-order valence-electron chi connectivity index (χ0n) is 19.7. The Labute approximate surface area is 182 Å². The number of ether oxygens (including phenoxy) is 1. The van der Waals surface area contributed by atoms with Crippen molar-refractivity contribution in [3.63, 3.8) is 0 Å². The van der Waals surface area contributed by atoms with Crippen LogP contribution in [0, 0.1) is 11.8 Å². The van der Waals surface area contributed by atoms with Gasteiger partial charge in [0.1, 0.15) is 0 Å². The molecule has 1 N–H and O–H groups in total. The molecule has 0 aliphatic heterocycles. The number of hydrogen-bond donors (Lipinski definition) is 1. The van der Waals surface area contributed by atoms with Crippen molar-refractivity contribution in [3.8, 4) is 0 Å². The fraction of sp³-hybridized carbons (Fsp3) is 0.593. The van der Waals surface area contributed by atoms with Crippen LogP contribution < -0.4 is 0 Å². The molecule has 2 aliphatic rings. The number of carboxylic acids is 1. The number of allylic oxidation sites excluding steroid dienone is 3. The molecule has 0 spiro atoms. The monoisotopic (exact) mass is 410 g/mol. The molecule has 3 atom stereocenters. The molecular weight excluding hydrogens is 372 g/mol. The predicted molar refractivity (Wildman–Crippen MR) is 123 cm³/mol. The molecule has 3 nitrogen and oxygen atoms in total. The van der Waals surface area contributed by atoms with Gasteiger partial charge in [-0.05, 0) is 71.6 Å². The first-order chi connectivity index (χ1) is 13.9. The summed E-state index contributed by atoms with van der Waals surface area (Å²) in [4.78, 5) is 10.9. The van der Waals surface area contributed by atoms with Gasteiger partial charge >= 0.3 is 5.97 Å². The SMILES string of the molecule is CCOC[C@H]1[C@@H](C=CC(C)=CC(=O)O)[C@@]1(C)c1ccc2c(c1)C(C)(C)CCC2(C)C. The van der Waals surface area contributed by atoms with Gasteiger partial charge < -0.3 is 9.84 Å². The molecule has 0 amide bonds. The number of fused-ring (bicyclic) bond motifs is 1. The summed E-state index contributed by atoms with van der Waals surface area (Å²) >= 11 is 0. The van der Waals surface area contributed by atoms with Crippen LogP contribution in [-0.2, 0) is 25.8 Å². The van der Waals surface area contributed by atoms with Crippen molar-refractivity contribution >= 4 is 5.97 Å². The van der Waals surface area contributed by atoms with Gasteiger partial charge in [-0.2, -0.15) is 0 Å². The highest BCUT2D eigenvalue weighted by Gasteiger charge is 2.60. The van der Waals surface area contributed by atoms with Crippen LogP contribution in [0.4, 0.5) is 0 Å². The minimum absolute atomic E-state index is 0.0157. The molecule has 30 heavy (non-hydrogen) atoms. The quantitative estimate of drug-likeness (QED) is 0.432. The summed E-state index contributed by atoms with van der Waals surface area (Å²) < 4.78 is 5.82. The molecule has 0 heterocycles. The molecular formula is C27H38O3. The Kier molecular flexibility index (Phi) is 6.08. The van der Waals surface area contributed by atoms with Gasteiger partial charge in [-0.15, -0.1) is 0 Å². The van der Waals surface area contributed by atoms with Crippen LogP contribution in [0.15, 0.2) is 42.0 Å². The number of carbonyl (C=O) groups is 1. The van der Waals surface area contributed by atoms with Crippen LogP contribution in [0.2, 0.25) is 0 Å². The normalized spacial score (nSPS) is 29.6. The second-order valence-corrected chi connectivity index (χ2v) is 10.7. The highest BCUT2D eigenvalue weighted by atomic mass is 16.5. The smallest absolute Gasteiger partial charge is 0.328 e. The third-order valence-corrected chi connectivity index (χ3v) is 7.68. The fourth-order valence-electron chi connectivity index (χ4n) is 5.32. The fourth-order valence-corrected chi connectivity index (χ4v) is 5.32. The van der Waals surface area contributed by atoms with E-state index >= 15 is 0 Å². The van der Waals surface area contributed by atoms with Gasteiger partial charge in [0, 0.05) is 18.1 Å². The Morgan fingerprint density at radius 3 is 2.37 bits per heavy atom. The van der Waals surface area contributed by atoms with E-state index in [4.69, 9.17) is 9.84 Å². The Bertz CT molecular complexity index is 874. The minimum Gasteiger partial charge on any atom is -0.478 e. The lowest BCUT2D eigenvalue weighted by Gasteiger charge is -2.42. The highest BCUT2D eigenvalue weighted by Crippen LogP contribution is 2.61. The third kappa shape index (κ3) is 4.14. The lowest BCUT2D eigenvalue weighted by Crippen LogP contribution is -2.34. The maximum atomic E-state index is 10.9. The van der Waals surface area contributed by atoms with E-state index in [0.717, 1.165) is 12.2 Å². The molecule has 164 valence electrons. The highest BCUT2D eigenvalue weighted by molar-refractivity contribution is 5.81. The molecule has 1 aromatic carbocycles. The lowest BCUT2D eigenvalue weighted by molar-refractivity contribution is -0.131. The standard InChI is InChI=1S/C27H38O3/c1-8-30-17-23-21(11-9-18(2)15-24(28)29)27(23,7)19-10-12-20-22(16-19)26(5,6)14-13-25(20,3)4/h9-12,15-16,21,23H,8,13-14,17H2,1-7H3,(H,28,29)/t21-,23+,27-/m1/s1. The first kappa shape index (κ1) is 22.8. The predicted octanol–water partition coefficient (Wildman–Crippen LogP) is 6.16. The number of carboxylic acid groups (broad SMARTS) is 1. The first-order valence-electron chi connectivity index (χ1n) is 11.3. The van der Waals surface area contributed by atoms with Gasteiger partial charge in [-0.1, -0.05) is 65.0 Å². The molecule has 1 saturated carbocycles. The molecule has 1 fully saturated rings. The summed E-state index contributed by atoms with van der Waals surface area (Å²) in [6.07, 6.45) is 7.83. The number of hydrogen-bond acceptors (Lipinski definition) is 2. The van der Waals surface area contributed by atoms with Gasteiger partial charge in [0.25, 0.3) is 0 Å². The van der Waals surface area contributed by atoms with Crippen LogP contribution >= 0.6 is 0 Å². The first-order valence-corrected chi connectivity index (χ1v) is 11.3. The largest absolute Gasteiger partial charge is 0.478 e. The van der Waals surface area contributed by atoms with E-state index in [1.807, 2.05) is 19.9 Å². The molecule has 0 saturated heterocycles. The average Bonchev–Trinajstić information content (AvgIpc) is 3.25. The zero-order valence-corrected chi connectivity index (χ0v) is 19.7. The zero-order chi connectivity index (χ0) is 22.3. The van der Waals surface area contributed by atoms with Gasteiger partial charge in [0.2, 0.25) is 0 Å². The summed E-state index contributed by atoms with van der Waals surface area (Å²) in [6.45, 7) is 17.1. The van der Waals surface area contributed by atoms with E-state index in [0.29, 0.717) is 18.4 Å². The van der Waals surface area contributed by atoms with Gasteiger partial charge in [0.15, 0.2) is 0 Å². The van der Waals surface area contributed by atoms with Crippen LogP contribution in [0.5, 0.6) is 0 Å². The summed E-state index contributed by atoms with van der Waals surface area (Å²) in [6, 6.07) is 7.15. The molecule has 0 bridgehead atoms. The average molecular weight is 411 g/mol. The summed E-state index contributed by atoms with van der Waals surface area (Å²) in [5.41, 5.74) is 5.54. The summed E-state index contributed by atoms with van der Waals surface area (Å²) in [7, 11) is 0. The molecule has 3 heteroatoms. The third-order valence-electron chi connectivity index (χ3n) is 7.68. The van der Waals surface area contributed by atoms with Crippen molar-refractivity contribution in [2.45, 2.75) is 77.6 Å². The van der Waals surface area contributed by atoms with Crippen LogP contribution in [0.1, 0.15) is 78.0 Å². The van der Waals surface area contributed by atoms with E-state index in [1.54, 1.807) is 0 Å². The van der Waals surface area contributed by atoms with E-state index in [1.165, 1.54) is 35.6 Å². The molecule has 2 aliphatic carbocycles. The van der Waals surface area contributed by atoms with Gasteiger partial charge in [-0.25, -0.2) is 4.79 Å². The van der Waals surface area contributed by atoms with Gasteiger partial charge in [-0.3, -0.25) is 0 Å². The van der Waals surface area contributed by atoms with Crippen molar-refractivity contribution < 1.29 is 14.6 Å². The van der Waals surface area contributed by atoms with Crippen molar-refractivity contribution in [1.82, 2.24) is 0 Å². The minimum atomic E-state index is -0.902. The van der Waals surface area contributed by atoms with Crippen LogP contribution in [0.3, 0.4) is 0 Å². The molecule has 0 radical (unpaired) electrons. The Balaban J connectivity index is 1.97. The van der Waals surface area contributed by atoms with Crippen molar-refractivity contribution in [2.24, 2.45) is 11.8 Å². The summed E-state index contributed by atoms with van der Waals surface area (Å²) in [5.74, 6) is -0.149. The number of benzene rings is 1. The van der Waals surface area contributed by atoms with Crippen molar-refractivity contribution in [1.29, 1.82) is 0 Å². The number of rotatable bonds is 7.